The van der Waals surface area contributed by atoms with E-state index in [0.29, 0.717) is 11.1 Å². The van der Waals surface area contributed by atoms with Gasteiger partial charge in [-0.25, -0.2) is 0 Å². The van der Waals surface area contributed by atoms with Crippen molar-refractivity contribution in [3.05, 3.63) is 88.2 Å². The van der Waals surface area contributed by atoms with E-state index in [1.54, 1.807) is 42.5 Å². The monoisotopic (exact) mass is 331 g/mol. The molecule has 3 rings (SSSR count). The highest BCUT2D eigenvalue weighted by Crippen LogP contribution is 2.24. The summed E-state index contributed by atoms with van der Waals surface area (Å²) in [4.78, 5) is 10.4. The van der Waals surface area contributed by atoms with E-state index in [0.717, 1.165) is 11.4 Å². The van der Waals surface area contributed by atoms with Crippen LogP contribution in [0, 0.1) is 21.4 Å². The number of nitro groups is 1. The zero-order valence-electron chi connectivity index (χ0n) is 13.0. The summed E-state index contributed by atoms with van der Waals surface area (Å²) >= 11 is 0. The summed E-state index contributed by atoms with van der Waals surface area (Å²) in [6.07, 6.45) is 3.51. The third-order valence-electron chi connectivity index (χ3n) is 3.69. The first kappa shape index (κ1) is 16.0. The topological polar surface area (TPSA) is 92.1 Å². The molecular weight excluding hydrogens is 318 g/mol. The largest absolute Gasteiger partial charge is 0.508 e. The molecule has 0 saturated heterocycles. The number of nitriles is 1. The molecule has 0 aliphatic carbocycles. The number of nitro benzene ring substituents is 1. The Hall–Kier alpha value is -3.85. The molecule has 0 aliphatic heterocycles. The van der Waals surface area contributed by atoms with E-state index in [9.17, 15) is 20.5 Å². The van der Waals surface area contributed by atoms with Gasteiger partial charge < -0.3 is 9.67 Å². The smallest absolute Gasteiger partial charge is 0.270 e. The minimum atomic E-state index is -0.488. The maximum absolute atomic E-state index is 10.9. The lowest BCUT2D eigenvalue weighted by Crippen LogP contribution is -1.95. The number of hydrogen-bond acceptors (Lipinski definition) is 4. The Morgan fingerprint density at radius 2 is 1.92 bits per heavy atom. The summed E-state index contributed by atoms with van der Waals surface area (Å²) in [5, 5.41) is 29.8. The average Bonchev–Trinajstić information content (AvgIpc) is 3.08. The van der Waals surface area contributed by atoms with Crippen LogP contribution in [-0.2, 0) is 0 Å². The molecular formula is C19H13N3O3. The Morgan fingerprint density at radius 3 is 2.60 bits per heavy atom. The molecule has 0 saturated carbocycles. The molecule has 0 spiro atoms. The number of nitrogens with zero attached hydrogens (tertiary/aromatic N) is 3. The Labute approximate surface area is 143 Å². The van der Waals surface area contributed by atoms with Crippen LogP contribution in [-0.4, -0.2) is 14.6 Å². The van der Waals surface area contributed by atoms with E-state index in [-0.39, 0.29) is 11.4 Å². The van der Waals surface area contributed by atoms with Gasteiger partial charge in [-0.05, 0) is 48.0 Å². The Morgan fingerprint density at radius 1 is 1.16 bits per heavy atom. The number of aromatic hydroxyl groups is 1. The Balaban J connectivity index is 2.04. The standard InChI is InChI=1S/C19H13N3O3/c20-13-15(14-3-1-4-18(11-14)22(24)25)12-17-5-2-10-21(17)16-6-8-19(23)9-7-16/h1-12,23H. The molecule has 0 unspecified atom stereocenters. The van der Waals surface area contributed by atoms with Crippen molar-refractivity contribution in [3.63, 3.8) is 0 Å². The zero-order valence-corrected chi connectivity index (χ0v) is 13.0. The maximum Gasteiger partial charge on any atom is 0.270 e. The van der Waals surface area contributed by atoms with Gasteiger partial charge in [0, 0.05) is 29.7 Å². The first-order valence-electron chi connectivity index (χ1n) is 7.42. The van der Waals surface area contributed by atoms with E-state index in [1.165, 1.54) is 12.1 Å². The molecule has 0 radical (unpaired) electrons. The molecule has 6 heteroatoms. The lowest BCUT2D eigenvalue weighted by atomic mass is 10.1. The van der Waals surface area contributed by atoms with E-state index in [1.807, 2.05) is 22.9 Å². The van der Waals surface area contributed by atoms with Crippen LogP contribution in [0.3, 0.4) is 0 Å². The van der Waals surface area contributed by atoms with Crippen molar-refractivity contribution < 1.29 is 10.0 Å². The number of hydrogen-bond donors (Lipinski definition) is 1. The molecule has 2 aromatic carbocycles. The van der Waals surface area contributed by atoms with Crippen molar-refractivity contribution in [1.29, 1.82) is 5.26 Å². The lowest BCUT2D eigenvalue weighted by Gasteiger charge is -2.07. The molecule has 1 N–H and O–H groups in total. The van der Waals surface area contributed by atoms with E-state index in [2.05, 4.69) is 6.07 Å². The first-order chi connectivity index (χ1) is 12.1. The summed E-state index contributed by atoms with van der Waals surface area (Å²) in [7, 11) is 0. The van der Waals surface area contributed by atoms with Gasteiger partial charge in [0.25, 0.3) is 5.69 Å². The molecule has 0 atom stereocenters. The van der Waals surface area contributed by atoms with Gasteiger partial charge in [0.05, 0.1) is 16.6 Å². The SMILES string of the molecule is N#CC(=Cc1cccn1-c1ccc(O)cc1)c1cccc([N+](=O)[O-])c1. The number of non-ortho nitro benzene ring substituents is 1. The number of benzene rings is 2. The number of rotatable bonds is 4. The normalized spacial score (nSPS) is 11.1. The third-order valence-corrected chi connectivity index (χ3v) is 3.69. The summed E-state index contributed by atoms with van der Waals surface area (Å²) < 4.78 is 1.86. The number of phenolic OH excluding ortho intramolecular Hbond substituents is 1. The van der Waals surface area contributed by atoms with Crippen LogP contribution in [0.1, 0.15) is 11.3 Å². The van der Waals surface area contributed by atoms with Gasteiger partial charge in [0.1, 0.15) is 5.75 Å². The third kappa shape index (κ3) is 3.41. The van der Waals surface area contributed by atoms with Crippen molar-refractivity contribution in [2.75, 3.05) is 0 Å². The molecule has 0 bridgehead atoms. The quantitative estimate of drug-likeness (QED) is 0.441. The molecule has 0 aliphatic rings. The van der Waals surface area contributed by atoms with Gasteiger partial charge in [0.15, 0.2) is 0 Å². The Bertz CT molecular complexity index is 995. The number of aromatic nitrogens is 1. The van der Waals surface area contributed by atoms with Crippen LogP contribution in [0.5, 0.6) is 5.75 Å². The van der Waals surface area contributed by atoms with Crippen LogP contribution in [0.2, 0.25) is 0 Å². The van der Waals surface area contributed by atoms with Crippen molar-refractivity contribution in [1.82, 2.24) is 4.57 Å². The zero-order chi connectivity index (χ0) is 17.8. The predicted octanol–water partition coefficient (Wildman–Crippen LogP) is 4.16. The molecule has 25 heavy (non-hydrogen) atoms. The Kier molecular flexibility index (Phi) is 4.31. The van der Waals surface area contributed by atoms with Crippen molar-refractivity contribution in [2.45, 2.75) is 0 Å². The number of phenols is 1. The minimum Gasteiger partial charge on any atom is -0.508 e. The van der Waals surface area contributed by atoms with E-state index < -0.39 is 4.92 Å². The second-order valence-corrected chi connectivity index (χ2v) is 5.30. The van der Waals surface area contributed by atoms with Gasteiger partial charge in [-0.1, -0.05) is 12.1 Å². The van der Waals surface area contributed by atoms with Crippen LogP contribution in [0.15, 0.2) is 66.9 Å². The first-order valence-corrected chi connectivity index (χ1v) is 7.42. The van der Waals surface area contributed by atoms with Crippen LogP contribution < -0.4 is 0 Å². The lowest BCUT2D eigenvalue weighted by molar-refractivity contribution is -0.384. The fourth-order valence-electron chi connectivity index (χ4n) is 2.48. The minimum absolute atomic E-state index is 0.0624. The van der Waals surface area contributed by atoms with Gasteiger partial charge >= 0.3 is 0 Å². The van der Waals surface area contributed by atoms with Gasteiger partial charge in [-0.15, -0.1) is 0 Å². The van der Waals surface area contributed by atoms with Crippen LogP contribution >= 0.6 is 0 Å². The predicted molar refractivity (Wildman–Crippen MR) is 94.0 cm³/mol. The summed E-state index contributed by atoms with van der Waals surface area (Å²) in [5.74, 6) is 0.169. The summed E-state index contributed by atoms with van der Waals surface area (Å²) in [6, 6.07) is 18.4. The molecule has 6 nitrogen and oxygen atoms in total. The molecule has 1 aromatic heterocycles. The maximum atomic E-state index is 10.9. The molecule has 0 fully saturated rings. The van der Waals surface area contributed by atoms with E-state index in [4.69, 9.17) is 0 Å². The fraction of sp³-hybridized carbons (Fsp3) is 0. The van der Waals surface area contributed by atoms with Crippen LogP contribution in [0.4, 0.5) is 5.69 Å². The second-order valence-electron chi connectivity index (χ2n) is 5.30. The van der Waals surface area contributed by atoms with Crippen molar-refractivity contribution >= 4 is 17.3 Å². The summed E-state index contributed by atoms with van der Waals surface area (Å²) in [6.45, 7) is 0. The number of allylic oxidation sites excluding steroid dienone is 1. The van der Waals surface area contributed by atoms with Crippen LogP contribution in [0.25, 0.3) is 17.3 Å². The molecule has 3 aromatic rings. The van der Waals surface area contributed by atoms with E-state index >= 15 is 0 Å². The van der Waals surface area contributed by atoms with Crippen molar-refractivity contribution in [2.24, 2.45) is 0 Å². The molecule has 122 valence electrons. The van der Waals surface area contributed by atoms with Gasteiger partial charge in [-0.2, -0.15) is 5.26 Å². The second kappa shape index (κ2) is 6.72. The highest BCUT2D eigenvalue weighted by atomic mass is 16.6. The highest BCUT2D eigenvalue weighted by molar-refractivity contribution is 5.89. The molecule has 1 heterocycles. The fourth-order valence-corrected chi connectivity index (χ4v) is 2.48. The van der Waals surface area contributed by atoms with Gasteiger partial charge in [-0.3, -0.25) is 10.1 Å². The molecule has 0 amide bonds. The van der Waals surface area contributed by atoms with Crippen molar-refractivity contribution in [3.8, 4) is 17.5 Å². The highest BCUT2D eigenvalue weighted by Gasteiger charge is 2.10. The van der Waals surface area contributed by atoms with Gasteiger partial charge in [0.2, 0.25) is 0 Å². The average molecular weight is 331 g/mol. The summed E-state index contributed by atoms with van der Waals surface area (Å²) in [5.41, 5.74) is 2.31.